The summed E-state index contributed by atoms with van der Waals surface area (Å²) < 4.78 is 11.2. The topological polar surface area (TPSA) is 43.4 Å². The van der Waals surface area contributed by atoms with Crippen molar-refractivity contribution < 1.29 is 8.83 Å². The molecule has 0 amide bonds. The molecule has 108 valence electrons. The molecule has 0 bridgehead atoms. The van der Waals surface area contributed by atoms with Crippen LogP contribution in [0.3, 0.4) is 0 Å². The molecule has 0 fully saturated rings. The van der Waals surface area contributed by atoms with Crippen LogP contribution < -0.4 is 5.63 Å². The number of aryl methyl sites for hydroxylation is 1. The number of fused-ring (bicyclic) bond motifs is 2. The van der Waals surface area contributed by atoms with Gasteiger partial charge in [0.1, 0.15) is 16.9 Å². The smallest absolute Gasteiger partial charge is 0.336 e. The van der Waals surface area contributed by atoms with E-state index in [4.69, 9.17) is 20.4 Å². The van der Waals surface area contributed by atoms with E-state index in [2.05, 4.69) is 0 Å². The third-order valence-electron chi connectivity index (χ3n) is 3.79. The molecule has 0 unspecified atom stereocenters. The standard InChI is InChI=1S/C18H11ClO3/c1-10-12-4-2-3-5-15(12)22-18(10)14-9-17(20)21-16-7-6-11(19)8-13(14)16/h2-9H,1H3. The first-order valence-electron chi connectivity index (χ1n) is 6.85. The first kappa shape index (κ1) is 13.2. The van der Waals surface area contributed by atoms with Crippen molar-refractivity contribution >= 4 is 33.5 Å². The Balaban J connectivity index is 2.14. The molecule has 4 heteroatoms. The minimum atomic E-state index is -0.412. The lowest BCUT2D eigenvalue weighted by molar-refractivity contribution is 0.559. The Bertz CT molecular complexity index is 1070. The molecule has 0 aliphatic carbocycles. The Morgan fingerprint density at radius 1 is 0.909 bits per heavy atom. The zero-order chi connectivity index (χ0) is 15.3. The van der Waals surface area contributed by atoms with Crippen molar-refractivity contribution in [2.75, 3.05) is 0 Å². The van der Waals surface area contributed by atoms with Crippen molar-refractivity contribution in [3.63, 3.8) is 0 Å². The molecular weight excluding hydrogens is 300 g/mol. The van der Waals surface area contributed by atoms with Crippen LogP contribution in [0.25, 0.3) is 33.3 Å². The molecule has 0 saturated carbocycles. The molecule has 4 rings (SSSR count). The lowest BCUT2D eigenvalue weighted by atomic mass is 10.0. The molecule has 0 aliphatic rings. The van der Waals surface area contributed by atoms with Crippen LogP contribution in [-0.4, -0.2) is 0 Å². The van der Waals surface area contributed by atoms with Gasteiger partial charge in [0, 0.05) is 33.0 Å². The maximum Gasteiger partial charge on any atom is 0.336 e. The summed E-state index contributed by atoms with van der Waals surface area (Å²) in [5.74, 6) is 0.668. The number of hydrogen-bond acceptors (Lipinski definition) is 3. The van der Waals surface area contributed by atoms with E-state index in [0.717, 1.165) is 21.9 Å². The number of furan rings is 1. The van der Waals surface area contributed by atoms with Crippen LogP contribution in [0.2, 0.25) is 5.02 Å². The van der Waals surface area contributed by atoms with E-state index in [1.807, 2.05) is 31.2 Å². The predicted octanol–water partition coefficient (Wildman–Crippen LogP) is 5.17. The van der Waals surface area contributed by atoms with Crippen molar-refractivity contribution in [1.82, 2.24) is 0 Å². The largest absolute Gasteiger partial charge is 0.456 e. The van der Waals surface area contributed by atoms with Crippen molar-refractivity contribution in [3.8, 4) is 11.3 Å². The molecule has 0 radical (unpaired) electrons. The van der Waals surface area contributed by atoms with E-state index in [0.29, 0.717) is 21.9 Å². The average Bonchev–Trinajstić information content (AvgIpc) is 2.84. The van der Waals surface area contributed by atoms with Crippen molar-refractivity contribution in [1.29, 1.82) is 0 Å². The normalized spacial score (nSPS) is 11.4. The fraction of sp³-hybridized carbons (Fsp3) is 0.0556. The van der Waals surface area contributed by atoms with Crippen LogP contribution in [-0.2, 0) is 0 Å². The fourth-order valence-electron chi connectivity index (χ4n) is 2.75. The molecule has 2 aromatic heterocycles. The average molecular weight is 311 g/mol. The van der Waals surface area contributed by atoms with Gasteiger partial charge in [0.15, 0.2) is 0 Å². The molecule has 0 aliphatic heterocycles. The fourth-order valence-corrected chi connectivity index (χ4v) is 2.93. The number of hydrogen-bond donors (Lipinski definition) is 0. The first-order valence-corrected chi connectivity index (χ1v) is 7.23. The van der Waals surface area contributed by atoms with Gasteiger partial charge in [-0.25, -0.2) is 4.79 Å². The molecule has 4 aromatic rings. The summed E-state index contributed by atoms with van der Waals surface area (Å²) in [6.07, 6.45) is 0. The second kappa shape index (κ2) is 4.75. The minimum absolute atomic E-state index is 0.412. The van der Waals surface area contributed by atoms with Crippen LogP contribution in [0.1, 0.15) is 5.56 Å². The van der Waals surface area contributed by atoms with Crippen LogP contribution in [0.5, 0.6) is 0 Å². The first-order chi connectivity index (χ1) is 10.6. The second-order valence-electron chi connectivity index (χ2n) is 5.17. The summed E-state index contributed by atoms with van der Waals surface area (Å²) in [6, 6.07) is 14.4. The summed E-state index contributed by atoms with van der Waals surface area (Å²) in [5.41, 5.74) is 2.56. The summed E-state index contributed by atoms with van der Waals surface area (Å²) in [5, 5.41) is 2.37. The van der Waals surface area contributed by atoms with Crippen LogP contribution in [0.4, 0.5) is 0 Å². The molecule has 22 heavy (non-hydrogen) atoms. The Morgan fingerprint density at radius 2 is 1.68 bits per heavy atom. The van der Waals surface area contributed by atoms with Crippen LogP contribution in [0.15, 0.2) is 62.2 Å². The number of benzene rings is 2. The highest BCUT2D eigenvalue weighted by Gasteiger charge is 2.16. The minimum Gasteiger partial charge on any atom is -0.456 e. The van der Waals surface area contributed by atoms with Gasteiger partial charge in [-0.2, -0.15) is 0 Å². The van der Waals surface area contributed by atoms with Gasteiger partial charge in [-0.1, -0.05) is 29.8 Å². The zero-order valence-corrected chi connectivity index (χ0v) is 12.5. The Kier molecular flexibility index (Phi) is 2.84. The van der Waals surface area contributed by atoms with Crippen LogP contribution in [0, 0.1) is 6.92 Å². The van der Waals surface area contributed by atoms with Gasteiger partial charge < -0.3 is 8.83 Å². The lowest BCUT2D eigenvalue weighted by Crippen LogP contribution is -1.98. The summed E-state index contributed by atoms with van der Waals surface area (Å²) in [4.78, 5) is 11.8. The molecule has 0 saturated heterocycles. The highest BCUT2D eigenvalue weighted by Crippen LogP contribution is 2.36. The molecule has 3 nitrogen and oxygen atoms in total. The van der Waals surface area contributed by atoms with Crippen molar-refractivity contribution in [2.24, 2.45) is 0 Å². The summed E-state index contributed by atoms with van der Waals surface area (Å²) in [7, 11) is 0. The number of rotatable bonds is 1. The molecular formula is C18H11ClO3. The number of para-hydroxylation sites is 1. The lowest BCUT2D eigenvalue weighted by Gasteiger charge is -2.04. The highest BCUT2D eigenvalue weighted by molar-refractivity contribution is 6.31. The van der Waals surface area contributed by atoms with E-state index < -0.39 is 5.63 Å². The zero-order valence-electron chi connectivity index (χ0n) is 11.7. The Labute approximate surface area is 130 Å². The van der Waals surface area contributed by atoms with E-state index in [1.165, 1.54) is 6.07 Å². The number of halogens is 1. The van der Waals surface area contributed by atoms with E-state index in [-0.39, 0.29) is 0 Å². The van der Waals surface area contributed by atoms with Gasteiger partial charge in [-0.3, -0.25) is 0 Å². The monoisotopic (exact) mass is 310 g/mol. The Hall–Kier alpha value is -2.52. The van der Waals surface area contributed by atoms with Gasteiger partial charge in [0.25, 0.3) is 0 Å². The second-order valence-corrected chi connectivity index (χ2v) is 5.61. The summed E-state index contributed by atoms with van der Waals surface area (Å²) in [6.45, 7) is 1.98. The molecule has 0 spiro atoms. The maximum absolute atomic E-state index is 11.8. The Morgan fingerprint density at radius 3 is 2.50 bits per heavy atom. The van der Waals surface area contributed by atoms with Crippen LogP contribution >= 0.6 is 11.6 Å². The van der Waals surface area contributed by atoms with Gasteiger partial charge >= 0.3 is 5.63 Å². The van der Waals surface area contributed by atoms with Gasteiger partial charge in [-0.05, 0) is 31.2 Å². The van der Waals surface area contributed by atoms with Crippen molar-refractivity contribution in [3.05, 3.63) is 69.5 Å². The molecule has 0 atom stereocenters. The van der Waals surface area contributed by atoms with E-state index >= 15 is 0 Å². The van der Waals surface area contributed by atoms with Crippen molar-refractivity contribution in [2.45, 2.75) is 6.92 Å². The highest BCUT2D eigenvalue weighted by atomic mass is 35.5. The SMILES string of the molecule is Cc1c(-c2cc(=O)oc3ccc(Cl)cc23)oc2ccccc12. The van der Waals surface area contributed by atoms with Gasteiger partial charge in [-0.15, -0.1) is 0 Å². The summed E-state index contributed by atoms with van der Waals surface area (Å²) >= 11 is 6.09. The predicted molar refractivity (Wildman–Crippen MR) is 87.4 cm³/mol. The molecule has 0 N–H and O–H groups in total. The third kappa shape index (κ3) is 1.94. The van der Waals surface area contributed by atoms with E-state index in [9.17, 15) is 4.79 Å². The quantitative estimate of drug-likeness (QED) is 0.456. The molecule has 2 aromatic carbocycles. The maximum atomic E-state index is 11.8. The van der Waals surface area contributed by atoms with Gasteiger partial charge in [0.05, 0.1) is 0 Å². The molecule has 2 heterocycles. The van der Waals surface area contributed by atoms with Gasteiger partial charge in [0.2, 0.25) is 0 Å². The van der Waals surface area contributed by atoms with E-state index in [1.54, 1.807) is 18.2 Å². The third-order valence-corrected chi connectivity index (χ3v) is 4.03.